The molecule has 0 saturated heterocycles. The molecule has 0 saturated carbocycles. The Kier molecular flexibility index (Phi) is 6.53. The fraction of sp³-hybridized carbons (Fsp3) is 0.316. The number of hydrogen-bond donors (Lipinski definition) is 2. The van der Waals surface area contributed by atoms with Gasteiger partial charge < -0.3 is 19.9 Å². The fourth-order valence-electron chi connectivity index (χ4n) is 2.46. The van der Waals surface area contributed by atoms with Crippen LogP contribution in [0.2, 0.25) is 5.02 Å². The highest BCUT2D eigenvalue weighted by atomic mass is 35.5. The van der Waals surface area contributed by atoms with E-state index in [-0.39, 0.29) is 5.56 Å². The maximum Gasteiger partial charge on any atom is 0.335 e. The van der Waals surface area contributed by atoms with Gasteiger partial charge in [-0.2, -0.15) is 0 Å². The van der Waals surface area contributed by atoms with Crippen LogP contribution in [0.25, 0.3) is 0 Å². The van der Waals surface area contributed by atoms with Crippen LogP contribution < -0.4 is 14.8 Å². The van der Waals surface area contributed by atoms with E-state index in [1.165, 1.54) is 0 Å². The number of anilines is 1. The van der Waals surface area contributed by atoms with Crippen LogP contribution in [0.5, 0.6) is 11.5 Å². The quantitative estimate of drug-likeness (QED) is 0.708. The molecule has 0 aromatic heterocycles. The van der Waals surface area contributed by atoms with E-state index in [0.29, 0.717) is 29.7 Å². The molecule has 0 aliphatic rings. The predicted molar refractivity (Wildman–Crippen MR) is 99.3 cm³/mol. The second-order valence-electron chi connectivity index (χ2n) is 5.63. The van der Waals surface area contributed by atoms with Crippen molar-refractivity contribution in [2.45, 2.75) is 26.8 Å². The minimum atomic E-state index is -0.940. The Morgan fingerprint density at radius 2 is 2.04 bits per heavy atom. The molecule has 0 amide bonds. The van der Waals surface area contributed by atoms with E-state index < -0.39 is 5.97 Å². The average molecular weight is 364 g/mol. The first-order valence-corrected chi connectivity index (χ1v) is 8.41. The molecular formula is C19H22ClNO4. The normalized spacial score (nSPS) is 10.4. The summed E-state index contributed by atoms with van der Waals surface area (Å²) >= 11 is 6.17. The smallest absolute Gasteiger partial charge is 0.335 e. The molecule has 0 aliphatic heterocycles. The van der Waals surface area contributed by atoms with Gasteiger partial charge in [0, 0.05) is 28.9 Å². The van der Waals surface area contributed by atoms with Gasteiger partial charge in [0.25, 0.3) is 0 Å². The highest BCUT2D eigenvalue weighted by Crippen LogP contribution is 2.35. The van der Waals surface area contributed by atoms with Crippen molar-refractivity contribution in [2.75, 3.05) is 19.0 Å². The average Bonchev–Trinajstić information content (AvgIpc) is 2.58. The van der Waals surface area contributed by atoms with Gasteiger partial charge in [-0.15, -0.1) is 0 Å². The molecular weight excluding hydrogens is 342 g/mol. The molecule has 0 aliphatic carbocycles. The van der Waals surface area contributed by atoms with Crippen molar-refractivity contribution in [3.8, 4) is 11.5 Å². The second-order valence-corrected chi connectivity index (χ2v) is 6.07. The minimum Gasteiger partial charge on any atom is -0.493 e. The summed E-state index contributed by atoms with van der Waals surface area (Å²) in [6, 6.07) is 8.53. The van der Waals surface area contributed by atoms with Crippen molar-refractivity contribution in [1.82, 2.24) is 0 Å². The number of halogens is 1. The number of carboxylic acids is 1. The molecule has 2 aromatic rings. The summed E-state index contributed by atoms with van der Waals surface area (Å²) in [5, 5.41) is 12.9. The Morgan fingerprint density at radius 1 is 1.28 bits per heavy atom. The number of carboxylic acid groups (broad SMARTS) is 1. The van der Waals surface area contributed by atoms with Crippen LogP contribution in [0.4, 0.5) is 5.69 Å². The highest BCUT2D eigenvalue weighted by molar-refractivity contribution is 6.30. The third-order valence-corrected chi connectivity index (χ3v) is 3.93. The number of carbonyl (C=O) groups is 1. The number of ether oxygens (including phenoxy) is 2. The van der Waals surface area contributed by atoms with E-state index in [9.17, 15) is 4.79 Å². The van der Waals surface area contributed by atoms with Crippen LogP contribution >= 0.6 is 11.6 Å². The van der Waals surface area contributed by atoms with Crippen LogP contribution in [-0.2, 0) is 6.54 Å². The lowest BCUT2D eigenvalue weighted by Crippen LogP contribution is -2.07. The Morgan fingerprint density at radius 3 is 2.64 bits per heavy atom. The zero-order chi connectivity index (χ0) is 18.4. The molecule has 0 fully saturated rings. The van der Waals surface area contributed by atoms with Crippen molar-refractivity contribution in [2.24, 2.45) is 0 Å². The Labute approximate surface area is 152 Å². The van der Waals surface area contributed by atoms with Gasteiger partial charge in [0.05, 0.1) is 19.3 Å². The van der Waals surface area contributed by atoms with Crippen molar-refractivity contribution < 1.29 is 19.4 Å². The highest BCUT2D eigenvalue weighted by Gasteiger charge is 2.13. The van der Waals surface area contributed by atoms with Gasteiger partial charge >= 0.3 is 5.97 Å². The Bertz CT molecular complexity index is 761. The van der Waals surface area contributed by atoms with E-state index in [2.05, 4.69) is 5.32 Å². The van der Waals surface area contributed by atoms with Crippen LogP contribution in [0.3, 0.4) is 0 Å². The van der Waals surface area contributed by atoms with E-state index in [1.807, 2.05) is 19.9 Å². The molecule has 5 nitrogen and oxygen atoms in total. The largest absolute Gasteiger partial charge is 0.493 e. The van der Waals surface area contributed by atoms with Crippen molar-refractivity contribution in [3.05, 3.63) is 52.0 Å². The van der Waals surface area contributed by atoms with Gasteiger partial charge in [0.15, 0.2) is 11.5 Å². The van der Waals surface area contributed by atoms with Crippen LogP contribution in [0.1, 0.15) is 34.8 Å². The zero-order valence-corrected chi connectivity index (χ0v) is 15.3. The summed E-state index contributed by atoms with van der Waals surface area (Å²) in [6.07, 6.45) is 0.883. The third-order valence-electron chi connectivity index (χ3n) is 3.71. The molecule has 25 heavy (non-hydrogen) atoms. The SMILES string of the molecule is CCCOc1c(CNc2ccc(C(=O)O)cc2C)cc(Cl)cc1OC. The maximum absolute atomic E-state index is 11.0. The summed E-state index contributed by atoms with van der Waals surface area (Å²) in [5.74, 6) is 0.321. The molecule has 0 heterocycles. The fourth-order valence-corrected chi connectivity index (χ4v) is 2.69. The molecule has 0 unspecified atom stereocenters. The first-order chi connectivity index (χ1) is 12.0. The maximum atomic E-state index is 11.0. The van der Waals surface area contributed by atoms with E-state index in [0.717, 1.165) is 23.2 Å². The van der Waals surface area contributed by atoms with Gasteiger partial charge in [-0.25, -0.2) is 4.79 Å². The van der Waals surface area contributed by atoms with Crippen LogP contribution in [0, 0.1) is 6.92 Å². The third kappa shape index (κ3) is 4.79. The van der Waals surface area contributed by atoms with Gasteiger partial charge in [0.1, 0.15) is 0 Å². The topological polar surface area (TPSA) is 67.8 Å². The molecule has 0 atom stereocenters. The van der Waals surface area contributed by atoms with Gasteiger partial charge in [-0.1, -0.05) is 18.5 Å². The summed E-state index contributed by atoms with van der Waals surface area (Å²) in [6.45, 7) is 4.95. The number of rotatable bonds is 8. The van der Waals surface area contributed by atoms with E-state index >= 15 is 0 Å². The number of methoxy groups -OCH3 is 1. The number of aromatic carboxylic acids is 1. The predicted octanol–water partition coefficient (Wildman–Crippen LogP) is 4.76. The number of nitrogens with one attached hydrogen (secondary N) is 1. The number of benzene rings is 2. The lowest BCUT2D eigenvalue weighted by Gasteiger charge is -2.17. The molecule has 0 spiro atoms. The molecule has 0 bridgehead atoms. The van der Waals surface area contributed by atoms with Crippen molar-refractivity contribution in [3.63, 3.8) is 0 Å². The molecule has 2 aromatic carbocycles. The first kappa shape index (κ1) is 18.9. The van der Waals surface area contributed by atoms with Crippen LogP contribution in [-0.4, -0.2) is 24.8 Å². The van der Waals surface area contributed by atoms with E-state index in [1.54, 1.807) is 31.4 Å². The number of aryl methyl sites for hydroxylation is 1. The summed E-state index contributed by atoms with van der Waals surface area (Å²) in [4.78, 5) is 11.0. The Hall–Kier alpha value is -2.40. The van der Waals surface area contributed by atoms with Crippen molar-refractivity contribution >= 4 is 23.3 Å². The summed E-state index contributed by atoms with van der Waals surface area (Å²) in [5.41, 5.74) is 2.84. The lowest BCUT2D eigenvalue weighted by atomic mass is 10.1. The zero-order valence-electron chi connectivity index (χ0n) is 14.6. The van der Waals surface area contributed by atoms with Gasteiger partial charge in [-0.3, -0.25) is 0 Å². The molecule has 6 heteroatoms. The first-order valence-electron chi connectivity index (χ1n) is 8.03. The minimum absolute atomic E-state index is 0.263. The number of hydrogen-bond acceptors (Lipinski definition) is 4. The van der Waals surface area contributed by atoms with Crippen molar-refractivity contribution in [1.29, 1.82) is 0 Å². The molecule has 0 radical (unpaired) electrons. The second kappa shape index (κ2) is 8.62. The standard InChI is InChI=1S/C19H22ClNO4/c1-4-7-25-18-14(9-15(20)10-17(18)24-3)11-21-16-6-5-13(19(22)23)8-12(16)2/h5-6,8-10,21H,4,7,11H2,1-3H3,(H,22,23). The molecule has 134 valence electrons. The molecule has 2 N–H and O–H groups in total. The lowest BCUT2D eigenvalue weighted by molar-refractivity contribution is 0.0697. The van der Waals surface area contributed by atoms with Gasteiger partial charge in [0.2, 0.25) is 0 Å². The summed E-state index contributed by atoms with van der Waals surface area (Å²) in [7, 11) is 1.58. The Balaban J connectivity index is 2.25. The summed E-state index contributed by atoms with van der Waals surface area (Å²) < 4.78 is 11.2. The van der Waals surface area contributed by atoms with Crippen LogP contribution in [0.15, 0.2) is 30.3 Å². The van der Waals surface area contributed by atoms with Gasteiger partial charge in [-0.05, 0) is 43.2 Å². The van der Waals surface area contributed by atoms with E-state index in [4.69, 9.17) is 26.2 Å². The molecule has 2 rings (SSSR count). The monoisotopic (exact) mass is 363 g/mol.